The van der Waals surface area contributed by atoms with Gasteiger partial charge >= 0.3 is 0 Å². The number of benzene rings is 1. The van der Waals surface area contributed by atoms with Crippen LogP contribution in [-0.4, -0.2) is 35.5 Å². The highest BCUT2D eigenvalue weighted by atomic mass is 16.3. The molecule has 2 rings (SSSR count). The van der Waals surface area contributed by atoms with Gasteiger partial charge in [0.15, 0.2) is 0 Å². The summed E-state index contributed by atoms with van der Waals surface area (Å²) in [7, 11) is 0. The van der Waals surface area contributed by atoms with Gasteiger partial charge in [0.2, 0.25) is 11.8 Å². The van der Waals surface area contributed by atoms with E-state index in [0.717, 1.165) is 12.0 Å². The minimum atomic E-state index is -0.714. The molecule has 1 aliphatic rings. The van der Waals surface area contributed by atoms with E-state index in [2.05, 4.69) is 10.6 Å². The zero-order valence-electron chi connectivity index (χ0n) is 11.1. The summed E-state index contributed by atoms with van der Waals surface area (Å²) in [6.07, 6.45) is 1.86. The zero-order chi connectivity index (χ0) is 14.5. The fraction of sp³-hybridized carbons (Fsp3) is 0.429. The van der Waals surface area contributed by atoms with E-state index in [9.17, 15) is 14.7 Å². The third kappa shape index (κ3) is 3.71. The van der Waals surface area contributed by atoms with Crippen molar-refractivity contribution in [3.05, 3.63) is 29.8 Å². The van der Waals surface area contributed by atoms with Crippen LogP contribution in [0.15, 0.2) is 24.3 Å². The molecule has 0 aromatic heterocycles. The van der Waals surface area contributed by atoms with Gasteiger partial charge in [-0.25, -0.2) is 0 Å². The summed E-state index contributed by atoms with van der Waals surface area (Å²) in [4.78, 5) is 23.5. The van der Waals surface area contributed by atoms with Gasteiger partial charge in [-0.15, -0.1) is 0 Å². The standard InChI is InChI=1S/C14H19N3O3/c15-11(8-9-3-5-10(18)6-4-9)13(19)17-12-2-1-7-16-14(12)20/h3-6,11-12,18H,1-2,7-8,15H2,(H,16,20)(H,17,19). The summed E-state index contributed by atoms with van der Waals surface area (Å²) in [6.45, 7) is 0.658. The van der Waals surface area contributed by atoms with Crippen LogP contribution in [0.3, 0.4) is 0 Å². The topological polar surface area (TPSA) is 104 Å². The van der Waals surface area contributed by atoms with E-state index in [4.69, 9.17) is 5.73 Å². The van der Waals surface area contributed by atoms with Gasteiger partial charge in [0.1, 0.15) is 11.8 Å². The third-order valence-electron chi connectivity index (χ3n) is 3.33. The van der Waals surface area contributed by atoms with Gasteiger partial charge in [0.25, 0.3) is 0 Å². The number of rotatable bonds is 4. The average molecular weight is 277 g/mol. The first-order valence-electron chi connectivity index (χ1n) is 6.68. The Balaban J connectivity index is 1.88. The monoisotopic (exact) mass is 277 g/mol. The maximum atomic E-state index is 12.0. The zero-order valence-corrected chi connectivity index (χ0v) is 11.1. The molecule has 1 fully saturated rings. The first kappa shape index (κ1) is 14.3. The number of nitrogens with two attached hydrogens (primary N) is 1. The molecule has 1 heterocycles. The molecule has 0 spiro atoms. The normalized spacial score (nSPS) is 20.1. The van der Waals surface area contributed by atoms with E-state index in [1.807, 2.05) is 0 Å². The van der Waals surface area contributed by atoms with Crippen LogP contribution < -0.4 is 16.4 Å². The van der Waals surface area contributed by atoms with E-state index in [1.54, 1.807) is 24.3 Å². The van der Waals surface area contributed by atoms with Crippen molar-refractivity contribution in [1.29, 1.82) is 0 Å². The molecule has 2 unspecified atom stereocenters. The van der Waals surface area contributed by atoms with Crippen LogP contribution in [0.4, 0.5) is 0 Å². The van der Waals surface area contributed by atoms with Crippen LogP contribution in [0.2, 0.25) is 0 Å². The molecule has 0 bridgehead atoms. The third-order valence-corrected chi connectivity index (χ3v) is 3.33. The lowest BCUT2D eigenvalue weighted by molar-refractivity contribution is -0.130. The second-order valence-corrected chi connectivity index (χ2v) is 4.97. The molecular formula is C14H19N3O3. The Morgan fingerprint density at radius 1 is 1.45 bits per heavy atom. The molecule has 0 aliphatic carbocycles. The Morgan fingerprint density at radius 2 is 2.15 bits per heavy atom. The van der Waals surface area contributed by atoms with Crippen molar-refractivity contribution in [1.82, 2.24) is 10.6 Å². The van der Waals surface area contributed by atoms with E-state index < -0.39 is 12.1 Å². The lowest BCUT2D eigenvalue weighted by Gasteiger charge is -2.24. The Hall–Kier alpha value is -2.08. The number of carbonyl (C=O) groups is 2. The minimum absolute atomic E-state index is 0.151. The lowest BCUT2D eigenvalue weighted by atomic mass is 10.0. The van der Waals surface area contributed by atoms with Crippen molar-refractivity contribution in [2.45, 2.75) is 31.3 Å². The van der Waals surface area contributed by atoms with Gasteiger partial charge in [-0.2, -0.15) is 0 Å². The van der Waals surface area contributed by atoms with Crippen molar-refractivity contribution in [2.75, 3.05) is 6.54 Å². The molecule has 5 N–H and O–H groups in total. The van der Waals surface area contributed by atoms with Gasteiger partial charge in [0.05, 0.1) is 6.04 Å². The van der Waals surface area contributed by atoms with Gasteiger partial charge < -0.3 is 21.5 Å². The summed E-state index contributed by atoms with van der Waals surface area (Å²) in [6, 6.07) is 5.34. The van der Waals surface area contributed by atoms with Gasteiger partial charge in [0, 0.05) is 6.54 Å². The number of phenols is 1. The van der Waals surface area contributed by atoms with E-state index in [1.165, 1.54) is 0 Å². The van der Waals surface area contributed by atoms with Gasteiger partial charge in [-0.3, -0.25) is 9.59 Å². The maximum Gasteiger partial charge on any atom is 0.242 e. The average Bonchev–Trinajstić information content (AvgIpc) is 2.44. The summed E-state index contributed by atoms with van der Waals surface area (Å²) < 4.78 is 0. The van der Waals surface area contributed by atoms with Crippen LogP contribution in [0.25, 0.3) is 0 Å². The Bertz CT molecular complexity index is 487. The predicted octanol–water partition coefficient (Wildman–Crippen LogP) is -0.343. The summed E-state index contributed by atoms with van der Waals surface area (Å²) in [5, 5.41) is 14.6. The second kappa shape index (κ2) is 6.38. The molecule has 6 heteroatoms. The SMILES string of the molecule is NC(Cc1ccc(O)cc1)C(=O)NC1CCCNC1=O. The van der Waals surface area contributed by atoms with Crippen molar-refractivity contribution in [3.63, 3.8) is 0 Å². The molecule has 1 aromatic carbocycles. The molecule has 108 valence electrons. The van der Waals surface area contributed by atoms with Crippen LogP contribution >= 0.6 is 0 Å². The van der Waals surface area contributed by atoms with E-state index in [0.29, 0.717) is 19.4 Å². The predicted molar refractivity (Wildman–Crippen MR) is 74.0 cm³/mol. The molecule has 1 aliphatic heterocycles. The molecule has 0 radical (unpaired) electrons. The van der Waals surface area contributed by atoms with Crippen molar-refractivity contribution < 1.29 is 14.7 Å². The minimum Gasteiger partial charge on any atom is -0.508 e. The first-order valence-corrected chi connectivity index (χ1v) is 6.68. The highest BCUT2D eigenvalue weighted by molar-refractivity contribution is 5.90. The summed E-state index contributed by atoms with van der Waals surface area (Å²) in [5.74, 6) is -0.313. The molecule has 2 amide bonds. The number of piperidine rings is 1. The highest BCUT2D eigenvalue weighted by Crippen LogP contribution is 2.11. The fourth-order valence-electron chi connectivity index (χ4n) is 2.17. The smallest absolute Gasteiger partial charge is 0.242 e. The second-order valence-electron chi connectivity index (χ2n) is 4.97. The number of hydrogen-bond donors (Lipinski definition) is 4. The van der Waals surface area contributed by atoms with Crippen molar-refractivity contribution in [3.8, 4) is 5.75 Å². The molecule has 1 aromatic rings. The van der Waals surface area contributed by atoms with Crippen LogP contribution in [0.5, 0.6) is 5.75 Å². The molecule has 6 nitrogen and oxygen atoms in total. The quantitative estimate of drug-likeness (QED) is 0.604. The largest absolute Gasteiger partial charge is 0.508 e. The summed E-state index contributed by atoms with van der Waals surface area (Å²) in [5.41, 5.74) is 6.70. The Kier molecular flexibility index (Phi) is 4.57. The number of nitrogens with one attached hydrogen (secondary N) is 2. The van der Waals surface area contributed by atoms with Crippen LogP contribution in [0, 0.1) is 0 Å². The number of phenolic OH excluding ortho intramolecular Hbond substituents is 1. The van der Waals surface area contributed by atoms with Crippen molar-refractivity contribution in [2.24, 2.45) is 5.73 Å². The molecule has 2 atom stereocenters. The number of amides is 2. The lowest BCUT2D eigenvalue weighted by Crippen LogP contribution is -2.54. The van der Waals surface area contributed by atoms with E-state index in [-0.39, 0.29) is 17.6 Å². The van der Waals surface area contributed by atoms with Gasteiger partial charge in [-0.05, 0) is 37.0 Å². The van der Waals surface area contributed by atoms with E-state index >= 15 is 0 Å². The van der Waals surface area contributed by atoms with Crippen LogP contribution in [-0.2, 0) is 16.0 Å². The number of carbonyl (C=O) groups excluding carboxylic acids is 2. The Morgan fingerprint density at radius 3 is 2.80 bits per heavy atom. The first-order chi connectivity index (χ1) is 9.56. The molecular weight excluding hydrogens is 258 g/mol. The molecule has 20 heavy (non-hydrogen) atoms. The maximum absolute atomic E-state index is 12.0. The Labute approximate surface area is 117 Å². The summed E-state index contributed by atoms with van der Waals surface area (Å²) >= 11 is 0. The van der Waals surface area contributed by atoms with Crippen molar-refractivity contribution >= 4 is 11.8 Å². The number of aromatic hydroxyl groups is 1. The number of hydrogen-bond acceptors (Lipinski definition) is 4. The van der Waals surface area contributed by atoms with Gasteiger partial charge in [-0.1, -0.05) is 12.1 Å². The molecule has 1 saturated heterocycles. The fourth-order valence-corrected chi connectivity index (χ4v) is 2.17. The molecule has 0 saturated carbocycles. The highest BCUT2D eigenvalue weighted by Gasteiger charge is 2.25. The van der Waals surface area contributed by atoms with Crippen LogP contribution in [0.1, 0.15) is 18.4 Å².